The molecule has 1 rings (SSSR count). The van der Waals surface area contributed by atoms with E-state index in [2.05, 4.69) is 74.7 Å². The Balaban J connectivity index is 2.51. The topological polar surface area (TPSA) is 35.5 Å². The highest BCUT2D eigenvalue weighted by atomic mass is 127. The normalized spacial score (nSPS) is 10.2. The molecular weight excluding hydrogens is 573 g/mol. The van der Waals surface area contributed by atoms with Crippen molar-refractivity contribution in [1.82, 2.24) is 0 Å². The molecule has 0 aliphatic heterocycles. The lowest BCUT2D eigenvalue weighted by molar-refractivity contribution is -0.146. The largest absolute Gasteiger partial charge is 0.480 e. The molecule has 0 aliphatic carbocycles. The molecule has 0 N–H and O–H groups in total. The fraction of sp³-hybridized carbons (Fsp3) is 0.417. The number of unbranched alkanes of at least 4 members (excludes halogenated alkanes) is 1. The Hall–Kier alpha value is 0.680. The van der Waals surface area contributed by atoms with Gasteiger partial charge in [0.1, 0.15) is 5.75 Å². The minimum absolute atomic E-state index is 0.0314. The monoisotopic (exact) mass is 586 g/mol. The summed E-state index contributed by atoms with van der Waals surface area (Å²) >= 11 is 6.67. The average Bonchev–Trinajstić information content (AvgIpc) is 2.27. The summed E-state index contributed by atoms with van der Waals surface area (Å²) in [7, 11) is 0. The number of ether oxygens (including phenoxy) is 2. The van der Waals surface area contributed by atoms with Crippen molar-refractivity contribution in [2.24, 2.45) is 0 Å². The average molecular weight is 586 g/mol. The molecule has 0 saturated heterocycles. The zero-order chi connectivity index (χ0) is 13.5. The molecule has 0 aliphatic rings. The number of carbonyl (C=O) groups is 1. The Morgan fingerprint density at radius 1 is 1.22 bits per heavy atom. The van der Waals surface area contributed by atoms with E-state index in [1.54, 1.807) is 0 Å². The van der Waals surface area contributed by atoms with E-state index in [-0.39, 0.29) is 12.6 Å². The van der Waals surface area contributed by atoms with Gasteiger partial charge in [0.15, 0.2) is 6.61 Å². The van der Waals surface area contributed by atoms with Crippen molar-refractivity contribution in [3.63, 3.8) is 0 Å². The molecule has 0 bridgehead atoms. The van der Waals surface area contributed by atoms with Crippen LogP contribution in [-0.2, 0) is 9.53 Å². The van der Waals surface area contributed by atoms with E-state index in [0.717, 1.165) is 29.3 Å². The predicted octanol–water partition coefficient (Wildman–Crippen LogP) is 4.22. The van der Waals surface area contributed by atoms with Gasteiger partial charge < -0.3 is 9.47 Å². The second-order valence-electron chi connectivity index (χ2n) is 3.56. The number of benzene rings is 1. The predicted molar refractivity (Wildman–Crippen MR) is 96.0 cm³/mol. The Labute approximate surface area is 148 Å². The lowest BCUT2D eigenvalue weighted by Gasteiger charge is -2.10. The van der Waals surface area contributed by atoms with Gasteiger partial charge in [0.2, 0.25) is 0 Å². The third kappa shape index (κ3) is 5.76. The van der Waals surface area contributed by atoms with Crippen LogP contribution in [-0.4, -0.2) is 19.2 Å². The van der Waals surface area contributed by atoms with Gasteiger partial charge >= 0.3 is 5.97 Å². The number of halogens is 3. The van der Waals surface area contributed by atoms with Crippen molar-refractivity contribution in [3.05, 3.63) is 22.8 Å². The van der Waals surface area contributed by atoms with Crippen LogP contribution in [0.5, 0.6) is 5.75 Å². The summed E-state index contributed by atoms with van der Waals surface area (Å²) in [6.45, 7) is 2.50. The molecule has 1 aromatic carbocycles. The maximum absolute atomic E-state index is 11.4. The van der Waals surface area contributed by atoms with Crippen molar-refractivity contribution in [1.29, 1.82) is 0 Å². The van der Waals surface area contributed by atoms with E-state index in [9.17, 15) is 4.79 Å². The summed E-state index contributed by atoms with van der Waals surface area (Å²) in [5.41, 5.74) is 0. The summed E-state index contributed by atoms with van der Waals surface area (Å²) in [5.74, 6) is 0.442. The third-order valence-electron chi connectivity index (χ3n) is 2.06. The standard InChI is InChI=1S/C12H13I3O3/c1-2-3-4-17-11(16)7-18-12-9(14)5-8(13)6-10(12)15/h5-6H,2-4,7H2,1H3. The minimum Gasteiger partial charge on any atom is -0.480 e. The molecule has 0 heterocycles. The molecule has 3 nitrogen and oxygen atoms in total. The quantitative estimate of drug-likeness (QED) is 0.285. The SMILES string of the molecule is CCCCOC(=O)COc1c(I)cc(I)cc1I. The lowest BCUT2D eigenvalue weighted by atomic mass is 10.3. The maximum Gasteiger partial charge on any atom is 0.344 e. The Kier molecular flexibility index (Phi) is 8.16. The van der Waals surface area contributed by atoms with Crippen LogP contribution in [0.2, 0.25) is 0 Å². The van der Waals surface area contributed by atoms with Crippen LogP contribution < -0.4 is 4.74 Å². The molecule has 0 spiro atoms. The van der Waals surface area contributed by atoms with Crippen molar-refractivity contribution in [2.45, 2.75) is 19.8 Å². The van der Waals surface area contributed by atoms with Gasteiger partial charge in [0.05, 0.1) is 13.7 Å². The fourth-order valence-corrected chi connectivity index (χ4v) is 5.06. The van der Waals surface area contributed by atoms with Gasteiger partial charge in [-0.3, -0.25) is 0 Å². The molecule has 6 heteroatoms. The Morgan fingerprint density at radius 3 is 2.39 bits per heavy atom. The molecule has 18 heavy (non-hydrogen) atoms. The molecular formula is C12H13I3O3. The van der Waals surface area contributed by atoms with Crippen LogP contribution in [0.3, 0.4) is 0 Å². The van der Waals surface area contributed by atoms with E-state index in [1.807, 2.05) is 12.1 Å². The van der Waals surface area contributed by atoms with Crippen molar-refractivity contribution < 1.29 is 14.3 Å². The molecule has 0 fully saturated rings. The fourth-order valence-electron chi connectivity index (χ4n) is 1.17. The Morgan fingerprint density at radius 2 is 1.83 bits per heavy atom. The number of hydrogen-bond acceptors (Lipinski definition) is 3. The minimum atomic E-state index is -0.311. The van der Waals surface area contributed by atoms with Crippen LogP contribution in [0.15, 0.2) is 12.1 Å². The van der Waals surface area contributed by atoms with Crippen molar-refractivity contribution >= 4 is 73.7 Å². The second kappa shape index (κ2) is 8.77. The summed E-state index contributed by atoms with van der Waals surface area (Å²) < 4.78 is 13.7. The third-order valence-corrected chi connectivity index (χ3v) is 4.28. The molecule has 0 unspecified atom stereocenters. The molecule has 0 radical (unpaired) electrons. The lowest BCUT2D eigenvalue weighted by Crippen LogP contribution is -2.16. The molecule has 1 aromatic rings. The van der Waals surface area contributed by atoms with E-state index in [1.165, 1.54) is 0 Å². The second-order valence-corrected chi connectivity index (χ2v) is 7.13. The van der Waals surface area contributed by atoms with E-state index in [4.69, 9.17) is 9.47 Å². The van der Waals surface area contributed by atoms with Crippen molar-refractivity contribution in [3.8, 4) is 5.75 Å². The maximum atomic E-state index is 11.4. The van der Waals surface area contributed by atoms with Gasteiger partial charge in [-0.05, 0) is 86.3 Å². The number of esters is 1. The first-order valence-electron chi connectivity index (χ1n) is 5.47. The Bertz CT molecular complexity index is 398. The van der Waals surface area contributed by atoms with Crippen LogP contribution in [0.4, 0.5) is 0 Å². The highest BCUT2D eigenvalue weighted by Gasteiger charge is 2.11. The van der Waals surface area contributed by atoms with Gasteiger partial charge in [-0.2, -0.15) is 0 Å². The number of carbonyl (C=O) groups excluding carboxylic acids is 1. The van der Waals surface area contributed by atoms with Gasteiger partial charge in [-0.25, -0.2) is 4.79 Å². The number of hydrogen-bond donors (Lipinski definition) is 0. The van der Waals surface area contributed by atoms with Crippen LogP contribution in [0.1, 0.15) is 19.8 Å². The van der Waals surface area contributed by atoms with E-state index < -0.39 is 0 Å². The van der Waals surface area contributed by atoms with Gasteiger partial charge in [0.25, 0.3) is 0 Å². The first-order valence-corrected chi connectivity index (χ1v) is 8.71. The first kappa shape index (κ1) is 16.7. The highest BCUT2D eigenvalue weighted by molar-refractivity contribution is 14.1. The van der Waals surface area contributed by atoms with Crippen LogP contribution in [0.25, 0.3) is 0 Å². The summed E-state index contributed by atoms with van der Waals surface area (Å²) in [6.07, 6.45) is 1.91. The summed E-state index contributed by atoms with van der Waals surface area (Å²) in [4.78, 5) is 11.4. The van der Waals surface area contributed by atoms with Gasteiger partial charge in [-0.15, -0.1) is 0 Å². The molecule has 0 atom stereocenters. The van der Waals surface area contributed by atoms with Crippen LogP contribution >= 0.6 is 67.8 Å². The highest BCUT2D eigenvalue weighted by Crippen LogP contribution is 2.29. The van der Waals surface area contributed by atoms with E-state index >= 15 is 0 Å². The first-order chi connectivity index (χ1) is 8.54. The smallest absolute Gasteiger partial charge is 0.344 e. The van der Waals surface area contributed by atoms with Crippen LogP contribution in [0, 0.1) is 10.7 Å². The zero-order valence-corrected chi connectivity index (χ0v) is 16.3. The molecule has 0 aromatic heterocycles. The number of rotatable bonds is 6. The molecule has 0 saturated carbocycles. The van der Waals surface area contributed by atoms with E-state index in [0.29, 0.717) is 6.61 Å². The molecule has 100 valence electrons. The molecule has 0 amide bonds. The summed E-state index contributed by atoms with van der Waals surface area (Å²) in [6, 6.07) is 4.03. The van der Waals surface area contributed by atoms with Crippen molar-refractivity contribution in [2.75, 3.05) is 13.2 Å². The summed E-state index contributed by atoms with van der Waals surface area (Å²) in [5, 5.41) is 0. The van der Waals surface area contributed by atoms with Gasteiger partial charge in [-0.1, -0.05) is 13.3 Å². The van der Waals surface area contributed by atoms with Gasteiger partial charge in [0, 0.05) is 3.57 Å². The zero-order valence-electron chi connectivity index (χ0n) is 9.84.